The van der Waals surface area contributed by atoms with Gasteiger partial charge in [0, 0.05) is 61.5 Å². The maximum atomic E-state index is 9.09. The molecular weight excluding hydrogens is 590 g/mol. The van der Waals surface area contributed by atoms with Crippen molar-refractivity contribution in [1.82, 2.24) is 30.5 Å². The largest absolute Gasteiger partial charge is 0.396 e. The fraction of sp³-hybridized carbons (Fsp3) is 0.917. The van der Waals surface area contributed by atoms with Crippen molar-refractivity contribution in [1.29, 1.82) is 0 Å². The van der Waals surface area contributed by atoms with Crippen LogP contribution in [-0.4, -0.2) is 107 Å². The molecule has 0 bridgehead atoms. The lowest BCUT2D eigenvalue weighted by Crippen LogP contribution is -2.60. The van der Waals surface area contributed by atoms with Crippen LogP contribution in [0.3, 0.4) is 0 Å². The van der Waals surface area contributed by atoms with Crippen molar-refractivity contribution in [2.24, 2.45) is 11.8 Å². The summed E-state index contributed by atoms with van der Waals surface area (Å²) in [4.78, 5) is 16.7. The number of anilines is 3. The van der Waals surface area contributed by atoms with Crippen molar-refractivity contribution in [2.45, 2.75) is 154 Å². The summed E-state index contributed by atoms with van der Waals surface area (Å²) in [5, 5.41) is 27.2. The fourth-order valence-corrected chi connectivity index (χ4v) is 8.86. The number of rotatable bonds is 19. The van der Waals surface area contributed by atoms with E-state index in [0.29, 0.717) is 35.7 Å². The Labute approximate surface area is 287 Å². The van der Waals surface area contributed by atoms with E-state index in [2.05, 4.69) is 101 Å². The molecule has 2 aliphatic heterocycles. The molecule has 2 aliphatic rings. The second kappa shape index (κ2) is 17.2. The van der Waals surface area contributed by atoms with Crippen LogP contribution < -0.4 is 26.6 Å². The van der Waals surface area contributed by atoms with Gasteiger partial charge in [-0.1, -0.05) is 12.8 Å². The van der Waals surface area contributed by atoms with E-state index in [-0.39, 0.29) is 34.9 Å². The molecule has 11 nitrogen and oxygen atoms in total. The minimum absolute atomic E-state index is 0.0793. The molecule has 2 unspecified atom stereocenters. The standard InChI is InChI=1S/C36H71N9O2/c1-33(2)22-26(23-34(3,4)43-33)28(45(9)10)16-19-38-31-40-30(37-18-14-12-13-15-21-46)41-32(42-31)39-20-17-29(47-11)27-24-35(5,6)44-36(7,8)25-27/h26-29,43-44,46H,12-25H2,1-11H3,(H3,37,38,39,40,41,42). The Kier molecular flexibility index (Phi) is 14.5. The first-order valence-corrected chi connectivity index (χ1v) is 18.3. The molecule has 1 aromatic heterocycles. The number of hydrogen-bond acceptors (Lipinski definition) is 11. The molecule has 0 radical (unpaired) electrons. The van der Waals surface area contributed by atoms with Crippen molar-refractivity contribution in [2.75, 3.05) is 63.4 Å². The molecule has 6 N–H and O–H groups in total. The van der Waals surface area contributed by atoms with Gasteiger partial charge in [0.05, 0.1) is 6.10 Å². The number of aromatic nitrogens is 3. The molecular formula is C36H71N9O2. The van der Waals surface area contributed by atoms with Crippen LogP contribution in [0.2, 0.25) is 0 Å². The third kappa shape index (κ3) is 13.6. The van der Waals surface area contributed by atoms with Crippen LogP contribution >= 0.6 is 0 Å². The molecule has 0 saturated carbocycles. The average Bonchev–Trinajstić information content (AvgIpc) is 2.91. The molecule has 0 aromatic carbocycles. The molecule has 11 heteroatoms. The monoisotopic (exact) mass is 662 g/mol. The lowest BCUT2D eigenvalue weighted by molar-refractivity contribution is -0.00438. The smallest absolute Gasteiger partial charge is 0.229 e. The fourth-order valence-electron chi connectivity index (χ4n) is 8.86. The van der Waals surface area contributed by atoms with Gasteiger partial charge in [0.25, 0.3) is 0 Å². The maximum absolute atomic E-state index is 9.09. The minimum Gasteiger partial charge on any atom is -0.396 e. The molecule has 3 heterocycles. The number of nitrogens with zero attached hydrogens (tertiary/aromatic N) is 4. The zero-order valence-corrected chi connectivity index (χ0v) is 31.9. The average molecular weight is 662 g/mol. The van der Waals surface area contributed by atoms with Crippen LogP contribution in [0.1, 0.15) is 120 Å². The molecule has 0 amide bonds. The summed E-state index contributed by atoms with van der Waals surface area (Å²) in [6.07, 6.45) is 10.5. The van der Waals surface area contributed by atoms with E-state index < -0.39 is 0 Å². The number of unbranched alkanes of at least 4 members (excludes halogenated alkanes) is 3. The Morgan fingerprint density at radius 1 is 0.681 bits per heavy atom. The molecule has 2 saturated heterocycles. The van der Waals surface area contributed by atoms with Gasteiger partial charge in [-0.05, 0) is 133 Å². The molecule has 0 spiro atoms. The Balaban J connectivity index is 1.66. The third-order valence-electron chi connectivity index (χ3n) is 9.92. The topological polar surface area (TPSA) is 132 Å². The van der Waals surface area contributed by atoms with E-state index in [0.717, 1.165) is 83.8 Å². The highest BCUT2D eigenvalue weighted by Crippen LogP contribution is 2.38. The van der Waals surface area contributed by atoms with Crippen molar-refractivity contribution >= 4 is 17.8 Å². The van der Waals surface area contributed by atoms with Crippen molar-refractivity contribution in [3.05, 3.63) is 0 Å². The minimum atomic E-state index is 0.0793. The van der Waals surface area contributed by atoms with E-state index in [1.165, 1.54) is 0 Å². The van der Waals surface area contributed by atoms with Crippen molar-refractivity contribution < 1.29 is 9.84 Å². The first-order chi connectivity index (χ1) is 21.9. The third-order valence-corrected chi connectivity index (χ3v) is 9.92. The Morgan fingerprint density at radius 3 is 1.55 bits per heavy atom. The predicted molar refractivity (Wildman–Crippen MR) is 196 cm³/mol. The van der Waals surface area contributed by atoms with E-state index in [1.54, 1.807) is 0 Å². The number of piperidine rings is 2. The van der Waals surface area contributed by atoms with Gasteiger partial charge in [0.1, 0.15) is 0 Å². The zero-order valence-electron chi connectivity index (χ0n) is 31.9. The second-order valence-corrected chi connectivity index (χ2v) is 17.2. The molecule has 2 fully saturated rings. The van der Waals surface area contributed by atoms with Crippen LogP contribution in [0.4, 0.5) is 17.8 Å². The Hall–Kier alpha value is -1.79. The van der Waals surface area contributed by atoms with Crippen LogP contribution in [0.25, 0.3) is 0 Å². The van der Waals surface area contributed by atoms with Gasteiger partial charge < -0.3 is 41.3 Å². The Morgan fingerprint density at radius 2 is 1.11 bits per heavy atom. The highest BCUT2D eigenvalue weighted by molar-refractivity contribution is 5.42. The molecule has 1 aromatic rings. The van der Waals surface area contributed by atoms with E-state index in [1.807, 2.05) is 7.11 Å². The summed E-state index contributed by atoms with van der Waals surface area (Å²) >= 11 is 0. The normalized spacial score (nSPS) is 22.1. The van der Waals surface area contributed by atoms with Crippen LogP contribution in [0.15, 0.2) is 0 Å². The van der Waals surface area contributed by atoms with Crippen molar-refractivity contribution in [3.63, 3.8) is 0 Å². The van der Waals surface area contributed by atoms with E-state index in [4.69, 9.17) is 24.8 Å². The summed E-state index contributed by atoms with van der Waals surface area (Å²) in [6.45, 7) is 21.0. The number of methoxy groups -OCH3 is 1. The zero-order chi connectivity index (χ0) is 34.9. The van der Waals surface area contributed by atoms with Gasteiger partial charge in [-0.25, -0.2) is 0 Å². The second-order valence-electron chi connectivity index (χ2n) is 17.2. The highest BCUT2D eigenvalue weighted by atomic mass is 16.5. The summed E-state index contributed by atoms with van der Waals surface area (Å²) in [5.74, 6) is 2.84. The van der Waals surface area contributed by atoms with E-state index in [9.17, 15) is 0 Å². The highest BCUT2D eigenvalue weighted by Gasteiger charge is 2.42. The number of nitrogens with one attached hydrogen (secondary N) is 5. The van der Waals surface area contributed by atoms with Gasteiger partial charge in [-0.2, -0.15) is 15.0 Å². The van der Waals surface area contributed by atoms with Gasteiger partial charge in [0.2, 0.25) is 17.8 Å². The maximum Gasteiger partial charge on any atom is 0.229 e. The lowest BCUT2D eigenvalue weighted by Gasteiger charge is -2.49. The number of hydrogen-bond donors (Lipinski definition) is 6. The SMILES string of the molecule is COC(CCNc1nc(NCCCCCCO)nc(NCCC(C2CC(C)(C)NC(C)(C)C2)N(C)C)n1)C1CC(C)(C)NC(C)(C)C1. The van der Waals surface area contributed by atoms with Gasteiger partial charge >= 0.3 is 0 Å². The molecule has 272 valence electrons. The molecule has 0 aliphatic carbocycles. The first-order valence-electron chi connectivity index (χ1n) is 18.3. The first kappa shape index (κ1) is 39.6. The summed E-state index contributed by atoms with van der Waals surface area (Å²) in [7, 11) is 6.26. The van der Waals surface area contributed by atoms with Gasteiger partial charge in [-0.15, -0.1) is 0 Å². The van der Waals surface area contributed by atoms with Crippen LogP contribution in [0.5, 0.6) is 0 Å². The van der Waals surface area contributed by atoms with Crippen LogP contribution in [0, 0.1) is 11.8 Å². The predicted octanol–water partition coefficient (Wildman–Crippen LogP) is 5.50. The quantitative estimate of drug-likeness (QED) is 0.105. The summed E-state index contributed by atoms with van der Waals surface area (Å²) in [5.41, 5.74) is 0.388. The molecule has 3 rings (SSSR count). The number of aliphatic hydroxyl groups excluding tert-OH is 1. The van der Waals surface area contributed by atoms with E-state index >= 15 is 0 Å². The summed E-state index contributed by atoms with van der Waals surface area (Å²) < 4.78 is 6.06. The molecule has 47 heavy (non-hydrogen) atoms. The van der Waals surface area contributed by atoms with Gasteiger partial charge in [0.15, 0.2) is 0 Å². The van der Waals surface area contributed by atoms with Crippen molar-refractivity contribution in [3.8, 4) is 0 Å². The Bertz CT molecular complexity index is 1050. The number of ether oxygens (including phenoxy) is 1. The number of aliphatic hydroxyl groups is 1. The molecule has 2 atom stereocenters. The lowest BCUT2D eigenvalue weighted by atomic mass is 9.72. The van der Waals surface area contributed by atoms with Gasteiger partial charge in [-0.3, -0.25) is 0 Å². The van der Waals surface area contributed by atoms with Crippen LogP contribution in [-0.2, 0) is 4.74 Å². The summed E-state index contributed by atoms with van der Waals surface area (Å²) in [6, 6.07) is 0.454.